The SMILES string of the molecule is CC(C)(C)OC(=O)N1CCCC(CCCC(O)C(F)(F)F)C1. The molecule has 1 rings (SSSR count). The maximum absolute atomic E-state index is 12.2. The lowest BCUT2D eigenvalue weighted by molar-refractivity contribution is -0.205. The van der Waals surface area contributed by atoms with Crippen molar-refractivity contribution in [3.05, 3.63) is 0 Å². The molecule has 0 aromatic heterocycles. The van der Waals surface area contributed by atoms with Gasteiger partial charge in [-0.05, 0) is 52.4 Å². The van der Waals surface area contributed by atoms with Gasteiger partial charge in [0.15, 0.2) is 0 Å². The molecule has 1 saturated heterocycles. The van der Waals surface area contributed by atoms with Crippen molar-refractivity contribution in [1.29, 1.82) is 0 Å². The summed E-state index contributed by atoms with van der Waals surface area (Å²) in [7, 11) is 0. The predicted octanol–water partition coefficient (Wildman–Crippen LogP) is 3.73. The minimum absolute atomic E-state index is 0.168. The first-order chi connectivity index (χ1) is 9.99. The third-order valence-corrected chi connectivity index (χ3v) is 3.64. The Morgan fingerprint density at radius 2 is 2.00 bits per heavy atom. The van der Waals surface area contributed by atoms with E-state index < -0.39 is 17.9 Å². The van der Waals surface area contributed by atoms with E-state index in [1.54, 1.807) is 25.7 Å². The molecule has 0 spiro atoms. The second kappa shape index (κ2) is 7.53. The number of ether oxygens (including phenoxy) is 1. The van der Waals surface area contributed by atoms with Crippen LogP contribution in [0.4, 0.5) is 18.0 Å². The van der Waals surface area contributed by atoms with Crippen molar-refractivity contribution >= 4 is 6.09 Å². The van der Waals surface area contributed by atoms with Gasteiger partial charge in [-0.1, -0.05) is 6.42 Å². The van der Waals surface area contributed by atoms with E-state index >= 15 is 0 Å². The Hall–Kier alpha value is -0.980. The zero-order chi connectivity index (χ0) is 17.0. The predicted molar refractivity (Wildman–Crippen MR) is 76.4 cm³/mol. The number of likely N-dealkylation sites (tertiary alicyclic amines) is 1. The van der Waals surface area contributed by atoms with Gasteiger partial charge in [0.25, 0.3) is 0 Å². The Kier molecular flexibility index (Phi) is 6.52. The van der Waals surface area contributed by atoms with Crippen LogP contribution in [0, 0.1) is 5.92 Å². The molecule has 2 unspecified atom stereocenters. The fourth-order valence-corrected chi connectivity index (χ4v) is 2.56. The van der Waals surface area contributed by atoms with E-state index in [-0.39, 0.29) is 18.4 Å². The van der Waals surface area contributed by atoms with Gasteiger partial charge in [-0.25, -0.2) is 4.79 Å². The van der Waals surface area contributed by atoms with E-state index in [2.05, 4.69) is 0 Å². The number of alkyl halides is 3. The molecule has 7 heteroatoms. The topological polar surface area (TPSA) is 49.8 Å². The van der Waals surface area contributed by atoms with Gasteiger partial charge in [0.1, 0.15) is 11.7 Å². The fourth-order valence-electron chi connectivity index (χ4n) is 2.56. The van der Waals surface area contributed by atoms with Crippen LogP contribution in [0.3, 0.4) is 0 Å². The lowest BCUT2D eigenvalue weighted by atomic mass is 9.92. The van der Waals surface area contributed by atoms with Gasteiger partial charge in [0, 0.05) is 13.1 Å². The minimum Gasteiger partial charge on any atom is -0.444 e. The lowest BCUT2D eigenvalue weighted by Crippen LogP contribution is -2.42. The summed E-state index contributed by atoms with van der Waals surface area (Å²) in [5.74, 6) is 0.168. The Bertz CT molecular complexity index is 366. The molecule has 1 aliphatic heterocycles. The summed E-state index contributed by atoms with van der Waals surface area (Å²) < 4.78 is 42.0. The van der Waals surface area contributed by atoms with E-state index in [9.17, 15) is 18.0 Å². The molecule has 0 radical (unpaired) electrons. The van der Waals surface area contributed by atoms with E-state index in [4.69, 9.17) is 9.84 Å². The summed E-state index contributed by atoms with van der Waals surface area (Å²) in [5, 5.41) is 8.97. The Morgan fingerprint density at radius 3 is 2.55 bits per heavy atom. The summed E-state index contributed by atoms with van der Waals surface area (Å²) in [5.41, 5.74) is -0.555. The molecular formula is C15H26F3NO3. The van der Waals surface area contributed by atoms with Gasteiger partial charge < -0.3 is 14.7 Å². The van der Waals surface area contributed by atoms with Gasteiger partial charge in [-0.15, -0.1) is 0 Å². The molecule has 0 bridgehead atoms. The maximum atomic E-state index is 12.2. The highest BCUT2D eigenvalue weighted by atomic mass is 19.4. The van der Waals surface area contributed by atoms with Crippen molar-refractivity contribution < 1.29 is 27.8 Å². The average molecular weight is 325 g/mol. The van der Waals surface area contributed by atoms with Crippen LogP contribution in [0.5, 0.6) is 0 Å². The normalized spacial score (nSPS) is 21.6. The van der Waals surface area contributed by atoms with Crippen LogP contribution in [-0.4, -0.2) is 47.1 Å². The van der Waals surface area contributed by atoms with E-state index in [0.717, 1.165) is 12.8 Å². The zero-order valence-electron chi connectivity index (χ0n) is 13.4. The van der Waals surface area contributed by atoms with Crippen molar-refractivity contribution in [1.82, 2.24) is 4.90 Å². The second-order valence-corrected chi connectivity index (χ2v) is 6.92. The number of amides is 1. The Morgan fingerprint density at radius 1 is 1.36 bits per heavy atom. The number of aliphatic hydroxyl groups excluding tert-OH is 1. The van der Waals surface area contributed by atoms with Crippen LogP contribution in [0.25, 0.3) is 0 Å². The largest absolute Gasteiger partial charge is 0.444 e. The molecule has 1 amide bonds. The number of piperidine rings is 1. The third kappa shape index (κ3) is 6.85. The van der Waals surface area contributed by atoms with Crippen molar-refractivity contribution in [2.45, 2.75) is 70.8 Å². The number of hydrogen-bond acceptors (Lipinski definition) is 3. The van der Waals surface area contributed by atoms with Crippen LogP contribution in [0.1, 0.15) is 52.9 Å². The Labute approximate surface area is 129 Å². The first kappa shape index (κ1) is 19.1. The number of aliphatic hydroxyl groups is 1. The number of halogens is 3. The quantitative estimate of drug-likeness (QED) is 0.857. The van der Waals surface area contributed by atoms with Gasteiger partial charge >= 0.3 is 12.3 Å². The number of carbonyl (C=O) groups excluding carboxylic acids is 1. The monoisotopic (exact) mass is 325 g/mol. The molecule has 0 saturated carbocycles. The molecule has 1 fully saturated rings. The summed E-state index contributed by atoms with van der Waals surface area (Å²) in [6.07, 6.45) is -4.86. The summed E-state index contributed by atoms with van der Waals surface area (Å²) >= 11 is 0. The maximum Gasteiger partial charge on any atom is 0.414 e. The number of hydrogen-bond donors (Lipinski definition) is 1. The fraction of sp³-hybridized carbons (Fsp3) is 0.933. The van der Waals surface area contributed by atoms with Crippen molar-refractivity contribution in [3.63, 3.8) is 0 Å². The average Bonchev–Trinajstić information content (AvgIpc) is 2.36. The Balaban J connectivity index is 2.36. The molecule has 0 aromatic carbocycles. The smallest absolute Gasteiger partial charge is 0.414 e. The van der Waals surface area contributed by atoms with Crippen LogP contribution in [0.2, 0.25) is 0 Å². The molecule has 1 N–H and O–H groups in total. The molecule has 0 aliphatic carbocycles. The highest BCUT2D eigenvalue weighted by Crippen LogP contribution is 2.27. The number of carbonyl (C=O) groups is 1. The summed E-state index contributed by atoms with van der Waals surface area (Å²) in [6.45, 7) is 6.52. The molecule has 1 aliphatic rings. The summed E-state index contributed by atoms with van der Waals surface area (Å²) in [6, 6.07) is 0. The van der Waals surface area contributed by atoms with Gasteiger partial charge in [-0.2, -0.15) is 13.2 Å². The zero-order valence-corrected chi connectivity index (χ0v) is 13.4. The van der Waals surface area contributed by atoms with Gasteiger partial charge in [0.2, 0.25) is 0 Å². The first-order valence-corrected chi connectivity index (χ1v) is 7.72. The standard InChI is InChI=1S/C15H26F3NO3/c1-14(2,3)22-13(21)19-9-5-7-11(10-19)6-4-8-12(20)15(16,17)18/h11-12,20H,4-10H2,1-3H3. The molecule has 2 atom stereocenters. The molecular weight excluding hydrogens is 299 g/mol. The highest BCUT2D eigenvalue weighted by Gasteiger charge is 2.37. The van der Waals surface area contributed by atoms with Crippen molar-refractivity contribution in [3.8, 4) is 0 Å². The second-order valence-electron chi connectivity index (χ2n) is 6.92. The van der Waals surface area contributed by atoms with Gasteiger partial charge in [0.05, 0.1) is 0 Å². The van der Waals surface area contributed by atoms with Crippen molar-refractivity contribution in [2.24, 2.45) is 5.92 Å². The third-order valence-electron chi connectivity index (χ3n) is 3.64. The number of nitrogens with zero attached hydrogens (tertiary/aromatic N) is 1. The molecule has 1 heterocycles. The van der Waals surface area contributed by atoms with Crippen LogP contribution in [0.15, 0.2) is 0 Å². The molecule has 130 valence electrons. The lowest BCUT2D eigenvalue weighted by Gasteiger charge is -2.34. The van der Waals surface area contributed by atoms with E-state index in [1.807, 2.05) is 0 Å². The molecule has 0 aromatic rings. The highest BCUT2D eigenvalue weighted by molar-refractivity contribution is 5.68. The first-order valence-electron chi connectivity index (χ1n) is 7.72. The molecule has 22 heavy (non-hydrogen) atoms. The van der Waals surface area contributed by atoms with Crippen molar-refractivity contribution in [2.75, 3.05) is 13.1 Å². The van der Waals surface area contributed by atoms with Crippen LogP contribution < -0.4 is 0 Å². The summed E-state index contributed by atoms with van der Waals surface area (Å²) in [4.78, 5) is 13.6. The van der Waals surface area contributed by atoms with Crippen LogP contribution >= 0.6 is 0 Å². The minimum atomic E-state index is -4.55. The van der Waals surface area contributed by atoms with Gasteiger partial charge in [-0.3, -0.25) is 0 Å². The number of rotatable bonds is 4. The van der Waals surface area contributed by atoms with E-state index in [1.165, 1.54) is 0 Å². The van der Waals surface area contributed by atoms with E-state index in [0.29, 0.717) is 25.9 Å². The van der Waals surface area contributed by atoms with Crippen LogP contribution in [-0.2, 0) is 4.74 Å². The molecule has 4 nitrogen and oxygen atoms in total.